The van der Waals surface area contributed by atoms with Crippen molar-refractivity contribution in [2.24, 2.45) is 11.8 Å². The van der Waals surface area contributed by atoms with Crippen LogP contribution in [0.3, 0.4) is 0 Å². The first kappa shape index (κ1) is 12.4. The normalized spacial score (nSPS) is 17.2. The van der Waals surface area contributed by atoms with Crippen molar-refractivity contribution in [3.63, 3.8) is 0 Å². The quantitative estimate of drug-likeness (QED) is 0.852. The van der Waals surface area contributed by atoms with Gasteiger partial charge in [0.15, 0.2) is 11.6 Å². The molecule has 1 saturated carbocycles. The van der Waals surface area contributed by atoms with E-state index in [0.29, 0.717) is 18.1 Å². The Morgan fingerprint density at radius 1 is 1.41 bits per heavy atom. The average Bonchev–Trinajstić information content (AvgIpc) is 3.11. The molecule has 94 valence electrons. The average molecular weight is 238 g/mol. The predicted molar refractivity (Wildman–Crippen MR) is 64.4 cm³/mol. The van der Waals surface area contributed by atoms with Crippen LogP contribution in [-0.4, -0.2) is 11.7 Å². The third kappa shape index (κ3) is 3.19. The van der Waals surface area contributed by atoms with Gasteiger partial charge in [-0.05, 0) is 42.4 Å². The molecule has 0 spiro atoms. The van der Waals surface area contributed by atoms with E-state index < -0.39 is 6.10 Å². The summed E-state index contributed by atoms with van der Waals surface area (Å²) in [6.45, 7) is 4.44. The minimum atomic E-state index is -0.570. The van der Waals surface area contributed by atoms with Gasteiger partial charge < -0.3 is 9.84 Å². The Kier molecular flexibility index (Phi) is 3.67. The van der Waals surface area contributed by atoms with Gasteiger partial charge in [-0.1, -0.05) is 19.9 Å². The summed E-state index contributed by atoms with van der Waals surface area (Å²) in [6.07, 6.45) is 1.78. The number of aliphatic hydroxyl groups excluding tert-OH is 1. The van der Waals surface area contributed by atoms with Crippen molar-refractivity contribution in [2.45, 2.75) is 32.8 Å². The van der Waals surface area contributed by atoms with Crippen LogP contribution in [0.5, 0.6) is 5.75 Å². The molecule has 0 aromatic heterocycles. The van der Waals surface area contributed by atoms with Crippen molar-refractivity contribution in [2.75, 3.05) is 6.61 Å². The van der Waals surface area contributed by atoms with Gasteiger partial charge in [0, 0.05) is 0 Å². The van der Waals surface area contributed by atoms with Crippen LogP contribution in [-0.2, 0) is 0 Å². The van der Waals surface area contributed by atoms with Crippen LogP contribution in [0, 0.1) is 17.7 Å². The number of hydrogen-bond acceptors (Lipinski definition) is 2. The molecule has 1 N–H and O–H groups in total. The molecule has 0 heterocycles. The molecule has 2 rings (SSSR count). The monoisotopic (exact) mass is 238 g/mol. The van der Waals surface area contributed by atoms with Gasteiger partial charge in [0.1, 0.15) is 0 Å². The van der Waals surface area contributed by atoms with Gasteiger partial charge in [-0.15, -0.1) is 0 Å². The Morgan fingerprint density at radius 3 is 2.71 bits per heavy atom. The zero-order valence-electron chi connectivity index (χ0n) is 10.3. The lowest BCUT2D eigenvalue weighted by Crippen LogP contribution is -2.07. The molecule has 0 saturated heterocycles. The Hall–Kier alpha value is -1.09. The first-order chi connectivity index (χ1) is 8.08. The smallest absolute Gasteiger partial charge is 0.165 e. The Labute approximate surface area is 101 Å². The van der Waals surface area contributed by atoms with Gasteiger partial charge in [-0.2, -0.15) is 0 Å². The molecule has 1 aromatic carbocycles. The Bertz CT molecular complexity index is 386. The summed E-state index contributed by atoms with van der Waals surface area (Å²) in [5, 5.41) is 9.92. The van der Waals surface area contributed by atoms with Crippen molar-refractivity contribution in [1.29, 1.82) is 0 Å². The second-order valence-electron chi connectivity index (χ2n) is 5.13. The van der Waals surface area contributed by atoms with Crippen LogP contribution in [0.4, 0.5) is 4.39 Å². The molecule has 1 atom stereocenters. The third-order valence-corrected chi connectivity index (χ3v) is 3.10. The SMILES string of the molecule is CC(C)C(O)c1ccc(F)c(OCC2CC2)c1. The van der Waals surface area contributed by atoms with E-state index in [4.69, 9.17) is 4.74 Å². The van der Waals surface area contributed by atoms with Crippen LogP contribution >= 0.6 is 0 Å². The van der Waals surface area contributed by atoms with Crippen LogP contribution in [0.2, 0.25) is 0 Å². The molecule has 0 radical (unpaired) electrons. The molecule has 0 aliphatic heterocycles. The molecule has 0 amide bonds. The molecule has 1 unspecified atom stereocenters. The van der Waals surface area contributed by atoms with Crippen LogP contribution in [0.25, 0.3) is 0 Å². The van der Waals surface area contributed by atoms with Crippen LogP contribution < -0.4 is 4.74 Å². The van der Waals surface area contributed by atoms with E-state index in [1.807, 2.05) is 13.8 Å². The maximum atomic E-state index is 13.5. The molecule has 17 heavy (non-hydrogen) atoms. The highest BCUT2D eigenvalue weighted by Crippen LogP contribution is 2.31. The highest BCUT2D eigenvalue weighted by molar-refractivity contribution is 5.31. The van der Waals surface area contributed by atoms with Crippen LogP contribution in [0.1, 0.15) is 38.4 Å². The minimum Gasteiger partial charge on any atom is -0.490 e. The van der Waals surface area contributed by atoms with Crippen molar-refractivity contribution >= 4 is 0 Å². The number of aliphatic hydroxyl groups is 1. The zero-order valence-corrected chi connectivity index (χ0v) is 10.3. The van der Waals surface area contributed by atoms with Gasteiger partial charge in [0.2, 0.25) is 0 Å². The Balaban J connectivity index is 2.09. The fraction of sp³-hybridized carbons (Fsp3) is 0.571. The molecule has 3 heteroatoms. The van der Waals surface area contributed by atoms with E-state index in [0.717, 1.165) is 0 Å². The summed E-state index contributed by atoms with van der Waals surface area (Å²) in [7, 11) is 0. The van der Waals surface area contributed by atoms with E-state index in [-0.39, 0.29) is 17.5 Å². The molecule has 1 fully saturated rings. The first-order valence-corrected chi connectivity index (χ1v) is 6.18. The maximum Gasteiger partial charge on any atom is 0.165 e. The van der Waals surface area contributed by atoms with Gasteiger partial charge in [0.25, 0.3) is 0 Å². The Morgan fingerprint density at radius 2 is 2.12 bits per heavy atom. The van der Waals surface area contributed by atoms with Crippen molar-refractivity contribution < 1.29 is 14.2 Å². The number of ether oxygens (including phenoxy) is 1. The summed E-state index contributed by atoms with van der Waals surface area (Å²) in [6, 6.07) is 4.59. The van der Waals surface area contributed by atoms with E-state index in [9.17, 15) is 9.50 Å². The van der Waals surface area contributed by atoms with E-state index >= 15 is 0 Å². The zero-order chi connectivity index (χ0) is 12.4. The van der Waals surface area contributed by atoms with Crippen LogP contribution in [0.15, 0.2) is 18.2 Å². The molecule has 2 nitrogen and oxygen atoms in total. The van der Waals surface area contributed by atoms with Gasteiger partial charge in [0.05, 0.1) is 12.7 Å². The number of benzene rings is 1. The lowest BCUT2D eigenvalue weighted by molar-refractivity contribution is 0.126. The predicted octanol–water partition coefficient (Wildman–Crippen LogP) is 3.30. The molecule has 1 aliphatic rings. The van der Waals surface area contributed by atoms with Crippen molar-refractivity contribution in [1.82, 2.24) is 0 Å². The summed E-state index contributed by atoms with van der Waals surface area (Å²) < 4.78 is 18.9. The molecule has 0 bridgehead atoms. The molecular weight excluding hydrogens is 219 g/mol. The number of hydrogen-bond donors (Lipinski definition) is 1. The van der Waals surface area contributed by atoms with Gasteiger partial charge in [-0.25, -0.2) is 4.39 Å². The minimum absolute atomic E-state index is 0.108. The third-order valence-electron chi connectivity index (χ3n) is 3.10. The summed E-state index contributed by atoms with van der Waals surface area (Å²) in [4.78, 5) is 0. The second kappa shape index (κ2) is 5.05. The summed E-state index contributed by atoms with van der Waals surface area (Å²) in [5.41, 5.74) is 0.715. The maximum absolute atomic E-state index is 13.5. The molecule has 1 aromatic rings. The standard InChI is InChI=1S/C14H19FO2/c1-9(2)14(16)11-5-6-12(15)13(7-11)17-8-10-3-4-10/h5-7,9-10,14,16H,3-4,8H2,1-2H3. The largest absolute Gasteiger partial charge is 0.490 e. The lowest BCUT2D eigenvalue weighted by Gasteiger charge is -2.16. The molecular formula is C14H19FO2. The van der Waals surface area contributed by atoms with Crippen molar-refractivity contribution in [3.8, 4) is 5.75 Å². The highest BCUT2D eigenvalue weighted by Gasteiger charge is 2.23. The number of halogens is 1. The van der Waals surface area contributed by atoms with Gasteiger partial charge in [-0.3, -0.25) is 0 Å². The fourth-order valence-electron chi connectivity index (χ4n) is 1.69. The van der Waals surface area contributed by atoms with E-state index in [1.54, 1.807) is 12.1 Å². The van der Waals surface area contributed by atoms with Crippen molar-refractivity contribution in [3.05, 3.63) is 29.6 Å². The van der Waals surface area contributed by atoms with Gasteiger partial charge >= 0.3 is 0 Å². The van der Waals surface area contributed by atoms with E-state index in [2.05, 4.69) is 0 Å². The van der Waals surface area contributed by atoms with E-state index in [1.165, 1.54) is 18.9 Å². The second-order valence-corrected chi connectivity index (χ2v) is 5.13. The summed E-state index contributed by atoms with van der Waals surface area (Å²) in [5.74, 6) is 0.601. The molecule has 1 aliphatic carbocycles. The highest BCUT2D eigenvalue weighted by atomic mass is 19.1. The fourth-order valence-corrected chi connectivity index (χ4v) is 1.69. The number of rotatable bonds is 5. The summed E-state index contributed by atoms with van der Waals surface area (Å²) >= 11 is 0. The topological polar surface area (TPSA) is 29.5 Å². The lowest BCUT2D eigenvalue weighted by atomic mass is 9.99. The first-order valence-electron chi connectivity index (χ1n) is 6.18.